The Balaban J connectivity index is 1.58. The zero-order chi connectivity index (χ0) is 27.8. The van der Waals surface area contributed by atoms with Gasteiger partial charge in [0.05, 0.1) is 23.3 Å². The summed E-state index contributed by atoms with van der Waals surface area (Å²) in [5.41, 5.74) is 1.84. The highest BCUT2D eigenvalue weighted by Gasteiger charge is 2.17. The van der Waals surface area contributed by atoms with E-state index in [1.807, 2.05) is 0 Å². The summed E-state index contributed by atoms with van der Waals surface area (Å²) in [6, 6.07) is 20.5. The molecule has 0 aliphatic heterocycles. The van der Waals surface area contributed by atoms with E-state index in [2.05, 4.69) is 35.7 Å². The van der Waals surface area contributed by atoms with Gasteiger partial charge in [0, 0.05) is 5.56 Å². The van der Waals surface area contributed by atoms with E-state index in [0.717, 1.165) is 12.8 Å². The molecule has 7 heteroatoms. The van der Waals surface area contributed by atoms with Crippen LogP contribution in [0.5, 0.6) is 11.5 Å². The van der Waals surface area contributed by atoms with Crippen molar-refractivity contribution in [3.05, 3.63) is 78.4 Å². The fourth-order valence-corrected chi connectivity index (χ4v) is 4.31. The molecule has 0 aliphatic carbocycles. The molecule has 1 aromatic heterocycles. The van der Waals surface area contributed by atoms with Gasteiger partial charge in [0.1, 0.15) is 11.5 Å². The number of esters is 1. The van der Waals surface area contributed by atoms with Crippen molar-refractivity contribution >= 4 is 5.97 Å². The van der Waals surface area contributed by atoms with Crippen LogP contribution in [0, 0.1) is 11.8 Å². The third-order valence-corrected chi connectivity index (χ3v) is 6.60. The third-order valence-electron chi connectivity index (χ3n) is 6.60. The first-order chi connectivity index (χ1) is 18.8. The Kier molecular flexibility index (Phi) is 9.26. The monoisotopic (exact) mass is 525 g/mol. The SMILES string of the molecule is CC(C)CCCC(C)CCOC(=O)c1cccc(-c2nc(-c3ccccc3O)nc(-c3ccccc3O)n2)c1. The molecule has 4 aromatic rings. The first-order valence-corrected chi connectivity index (χ1v) is 13.4. The maximum atomic E-state index is 12.8. The van der Waals surface area contributed by atoms with Gasteiger partial charge in [-0.3, -0.25) is 0 Å². The van der Waals surface area contributed by atoms with Crippen LogP contribution in [0.25, 0.3) is 34.2 Å². The fraction of sp³-hybridized carbons (Fsp3) is 0.312. The summed E-state index contributed by atoms with van der Waals surface area (Å²) in [5, 5.41) is 20.9. The molecule has 0 aliphatic rings. The molecule has 1 unspecified atom stereocenters. The molecule has 39 heavy (non-hydrogen) atoms. The van der Waals surface area contributed by atoms with Crippen molar-refractivity contribution in [2.75, 3.05) is 6.61 Å². The molecule has 0 saturated carbocycles. The largest absolute Gasteiger partial charge is 0.507 e. The molecular formula is C32H35N3O4. The van der Waals surface area contributed by atoms with Crippen molar-refractivity contribution in [2.24, 2.45) is 11.8 Å². The van der Waals surface area contributed by atoms with Gasteiger partial charge in [-0.25, -0.2) is 19.7 Å². The molecule has 1 atom stereocenters. The molecule has 0 radical (unpaired) electrons. The van der Waals surface area contributed by atoms with E-state index >= 15 is 0 Å². The smallest absolute Gasteiger partial charge is 0.338 e. The second kappa shape index (κ2) is 13.0. The number of hydrogen-bond donors (Lipinski definition) is 2. The third kappa shape index (κ3) is 7.41. The summed E-state index contributed by atoms with van der Waals surface area (Å²) in [6.45, 7) is 7.03. The molecular weight excluding hydrogens is 490 g/mol. The molecule has 202 valence electrons. The molecule has 7 nitrogen and oxygen atoms in total. The Morgan fingerprint density at radius 3 is 1.92 bits per heavy atom. The van der Waals surface area contributed by atoms with E-state index in [1.165, 1.54) is 12.8 Å². The van der Waals surface area contributed by atoms with Gasteiger partial charge in [0.15, 0.2) is 17.5 Å². The standard InChI is InChI=1S/C32H35N3O4/c1-21(2)10-8-11-22(3)18-19-39-32(38)24-13-9-12-23(20-24)29-33-30(25-14-4-6-16-27(25)36)35-31(34-29)26-15-5-7-17-28(26)37/h4-7,9,12-17,20-22,36-37H,8,10-11,18-19H2,1-3H3. The summed E-state index contributed by atoms with van der Waals surface area (Å²) in [4.78, 5) is 26.6. The number of hydrogen-bond acceptors (Lipinski definition) is 7. The van der Waals surface area contributed by atoms with Crippen LogP contribution in [0.4, 0.5) is 0 Å². The molecule has 0 fully saturated rings. The average Bonchev–Trinajstić information content (AvgIpc) is 2.93. The number of aromatic nitrogens is 3. The number of rotatable bonds is 11. The van der Waals surface area contributed by atoms with Gasteiger partial charge < -0.3 is 14.9 Å². The molecule has 0 bridgehead atoms. The van der Waals surface area contributed by atoms with E-state index in [4.69, 9.17) is 4.74 Å². The van der Waals surface area contributed by atoms with Gasteiger partial charge in [-0.15, -0.1) is 0 Å². The maximum Gasteiger partial charge on any atom is 0.338 e. The summed E-state index contributed by atoms with van der Waals surface area (Å²) >= 11 is 0. The van der Waals surface area contributed by atoms with Crippen molar-refractivity contribution in [3.63, 3.8) is 0 Å². The van der Waals surface area contributed by atoms with Crippen molar-refractivity contribution in [3.8, 4) is 45.7 Å². The minimum atomic E-state index is -0.401. The minimum Gasteiger partial charge on any atom is -0.507 e. The molecule has 0 spiro atoms. The Morgan fingerprint density at radius 2 is 1.33 bits per heavy atom. The lowest BCUT2D eigenvalue weighted by molar-refractivity contribution is 0.0483. The predicted octanol–water partition coefficient (Wildman–Crippen LogP) is 7.29. The van der Waals surface area contributed by atoms with Crippen molar-refractivity contribution in [2.45, 2.75) is 46.5 Å². The Morgan fingerprint density at radius 1 is 0.744 bits per heavy atom. The number of aromatic hydroxyl groups is 2. The molecule has 4 rings (SSSR count). The van der Waals surface area contributed by atoms with Crippen LogP contribution < -0.4 is 0 Å². The lowest BCUT2D eigenvalue weighted by atomic mass is 9.98. The normalized spacial score (nSPS) is 11.9. The maximum absolute atomic E-state index is 12.8. The van der Waals surface area contributed by atoms with Crippen LogP contribution in [0.2, 0.25) is 0 Å². The number of carbonyl (C=O) groups excluding carboxylic acids is 1. The van der Waals surface area contributed by atoms with Crippen LogP contribution in [0.3, 0.4) is 0 Å². The summed E-state index contributed by atoms with van der Waals surface area (Å²) in [7, 11) is 0. The Hall–Kier alpha value is -4.26. The van der Waals surface area contributed by atoms with Crippen LogP contribution in [-0.2, 0) is 4.74 Å². The lowest BCUT2D eigenvalue weighted by Crippen LogP contribution is -2.09. The van der Waals surface area contributed by atoms with Crippen LogP contribution in [-0.4, -0.2) is 37.7 Å². The van der Waals surface area contributed by atoms with Crippen LogP contribution in [0.15, 0.2) is 72.8 Å². The van der Waals surface area contributed by atoms with Crippen LogP contribution in [0.1, 0.15) is 56.8 Å². The number of nitrogens with zero attached hydrogens (tertiary/aromatic N) is 3. The Labute approximate surface area is 229 Å². The molecule has 0 amide bonds. The number of benzene rings is 3. The first kappa shape index (κ1) is 27.8. The van der Waals surface area contributed by atoms with E-state index < -0.39 is 5.97 Å². The van der Waals surface area contributed by atoms with E-state index in [1.54, 1.807) is 72.8 Å². The van der Waals surface area contributed by atoms with Crippen LogP contribution >= 0.6 is 0 Å². The number of para-hydroxylation sites is 2. The van der Waals surface area contributed by atoms with E-state index in [0.29, 0.717) is 46.5 Å². The van der Waals surface area contributed by atoms with Gasteiger partial charge >= 0.3 is 5.97 Å². The molecule has 2 N–H and O–H groups in total. The second-order valence-corrected chi connectivity index (χ2v) is 10.3. The zero-order valence-electron chi connectivity index (χ0n) is 22.7. The van der Waals surface area contributed by atoms with Gasteiger partial charge in [-0.1, -0.05) is 76.4 Å². The number of phenolic OH excluding ortho intramolecular Hbond substituents is 2. The lowest BCUT2D eigenvalue weighted by Gasteiger charge is -2.13. The van der Waals surface area contributed by atoms with Gasteiger partial charge in [0.25, 0.3) is 0 Å². The highest BCUT2D eigenvalue weighted by atomic mass is 16.5. The van der Waals surface area contributed by atoms with Crippen molar-refractivity contribution in [1.82, 2.24) is 15.0 Å². The topological polar surface area (TPSA) is 105 Å². The summed E-state index contributed by atoms with van der Waals surface area (Å²) in [5.74, 6) is 1.63. The highest BCUT2D eigenvalue weighted by Crippen LogP contribution is 2.32. The fourth-order valence-electron chi connectivity index (χ4n) is 4.31. The summed E-state index contributed by atoms with van der Waals surface area (Å²) in [6.07, 6.45) is 4.35. The van der Waals surface area contributed by atoms with Crippen molar-refractivity contribution < 1.29 is 19.7 Å². The predicted molar refractivity (Wildman–Crippen MR) is 152 cm³/mol. The second-order valence-electron chi connectivity index (χ2n) is 10.3. The summed E-state index contributed by atoms with van der Waals surface area (Å²) < 4.78 is 5.58. The minimum absolute atomic E-state index is 0.0219. The van der Waals surface area contributed by atoms with Gasteiger partial charge in [-0.2, -0.15) is 0 Å². The number of ether oxygens (including phenoxy) is 1. The first-order valence-electron chi connectivity index (χ1n) is 13.4. The molecule has 3 aromatic carbocycles. The van der Waals surface area contributed by atoms with Gasteiger partial charge in [0.2, 0.25) is 0 Å². The quantitative estimate of drug-likeness (QED) is 0.198. The van der Waals surface area contributed by atoms with E-state index in [9.17, 15) is 15.0 Å². The Bertz CT molecular complexity index is 1360. The van der Waals surface area contributed by atoms with Gasteiger partial charge in [-0.05, 0) is 54.7 Å². The zero-order valence-corrected chi connectivity index (χ0v) is 22.7. The average molecular weight is 526 g/mol. The number of phenols is 2. The molecule has 0 saturated heterocycles. The highest BCUT2D eigenvalue weighted by molar-refractivity contribution is 5.90. The molecule has 1 heterocycles. The van der Waals surface area contributed by atoms with E-state index in [-0.39, 0.29) is 23.1 Å². The number of carbonyl (C=O) groups is 1. The van der Waals surface area contributed by atoms with Crippen molar-refractivity contribution in [1.29, 1.82) is 0 Å².